The third-order valence-corrected chi connectivity index (χ3v) is 4.21. The predicted octanol–water partition coefficient (Wildman–Crippen LogP) is 4.40. The smallest absolute Gasteiger partial charge is 0.124 e. The van der Waals surface area contributed by atoms with Crippen molar-refractivity contribution in [2.24, 2.45) is 0 Å². The number of hydrogen-bond acceptors (Lipinski definition) is 2. The van der Waals surface area contributed by atoms with Crippen LogP contribution in [0.15, 0.2) is 23.0 Å². The van der Waals surface area contributed by atoms with Gasteiger partial charge < -0.3 is 10.2 Å². The molecule has 0 heterocycles. The quantitative estimate of drug-likeness (QED) is 0.724. The number of rotatable bonds is 1. The zero-order valence-corrected chi connectivity index (χ0v) is 11.3. The molecule has 0 amide bonds. The molecule has 0 aromatic carbocycles. The minimum atomic E-state index is -0.633. The van der Waals surface area contributed by atoms with Gasteiger partial charge in [0.15, 0.2) is 0 Å². The molecule has 1 unspecified atom stereocenters. The molecule has 0 aliphatic heterocycles. The molecule has 18 heavy (non-hydrogen) atoms. The summed E-state index contributed by atoms with van der Waals surface area (Å²) in [4.78, 5) is 0. The van der Waals surface area contributed by atoms with E-state index in [-0.39, 0.29) is 5.76 Å². The first kappa shape index (κ1) is 13.7. The lowest BCUT2D eigenvalue weighted by Crippen LogP contribution is -2.15. The van der Waals surface area contributed by atoms with E-state index in [2.05, 4.69) is 6.08 Å². The highest BCUT2D eigenvalue weighted by Gasteiger charge is 2.20. The van der Waals surface area contributed by atoms with Crippen LogP contribution in [0, 0.1) is 0 Å². The van der Waals surface area contributed by atoms with Crippen molar-refractivity contribution in [2.75, 3.05) is 0 Å². The van der Waals surface area contributed by atoms with Crippen molar-refractivity contribution in [3.63, 3.8) is 0 Å². The van der Waals surface area contributed by atoms with Crippen LogP contribution in [0.1, 0.15) is 70.6 Å². The van der Waals surface area contributed by atoms with Crippen LogP contribution < -0.4 is 0 Å². The van der Waals surface area contributed by atoms with Crippen molar-refractivity contribution < 1.29 is 10.2 Å². The molecule has 2 rings (SSSR count). The maximum Gasteiger partial charge on any atom is 0.124 e. The van der Waals surface area contributed by atoms with E-state index in [1.807, 2.05) is 0 Å². The van der Waals surface area contributed by atoms with Crippen molar-refractivity contribution in [2.45, 2.75) is 76.7 Å². The monoisotopic (exact) mass is 250 g/mol. The highest BCUT2D eigenvalue weighted by molar-refractivity contribution is 5.34. The number of hydrogen-bond donors (Lipinski definition) is 2. The summed E-state index contributed by atoms with van der Waals surface area (Å²) >= 11 is 0. The van der Waals surface area contributed by atoms with E-state index >= 15 is 0 Å². The summed E-state index contributed by atoms with van der Waals surface area (Å²) in [6.45, 7) is 0. The molecule has 2 aliphatic carbocycles. The normalized spacial score (nSPS) is 34.7. The SMILES string of the molecule is O/C1=C(\C2=C\CCCCCC2)CCCCCC1O. The lowest BCUT2D eigenvalue weighted by atomic mass is 9.87. The van der Waals surface area contributed by atoms with E-state index in [1.54, 1.807) is 0 Å². The molecule has 0 radical (unpaired) electrons. The summed E-state index contributed by atoms with van der Waals surface area (Å²) in [5.41, 5.74) is 2.37. The summed E-state index contributed by atoms with van der Waals surface area (Å²) in [5, 5.41) is 20.2. The lowest BCUT2D eigenvalue weighted by molar-refractivity contribution is 0.136. The van der Waals surface area contributed by atoms with Gasteiger partial charge in [0.25, 0.3) is 0 Å². The van der Waals surface area contributed by atoms with E-state index in [1.165, 1.54) is 37.7 Å². The van der Waals surface area contributed by atoms with Crippen LogP contribution >= 0.6 is 0 Å². The van der Waals surface area contributed by atoms with Crippen molar-refractivity contribution in [3.05, 3.63) is 23.0 Å². The first-order valence-corrected chi connectivity index (χ1v) is 7.58. The van der Waals surface area contributed by atoms with Crippen molar-refractivity contribution in [1.82, 2.24) is 0 Å². The van der Waals surface area contributed by atoms with Gasteiger partial charge in [-0.1, -0.05) is 31.8 Å². The highest BCUT2D eigenvalue weighted by atomic mass is 16.3. The molecule has 0 spiro atoms. The Labute approximate surface area is 110 Å². The predicted molar refractivity (Wildman–Crippen MR) is 74.5 cm³/mol. The van der Waals surface area contributed by atoms with E-state index in [0.29, 0.717) is 6.42 Å². The van der Waals surface area contributed by atoms with Gasteiger partial charge in [0.1, 0.15) is 11.9 Å². The molecule has 0 saturated carbocycles. The van der Waals surface area contributed by atoms with Crippen LogP contribution in [0.5, 0.6) is 0 Å². The maximum absolute atomic E-state index is 10.2. The Morgan fingerprint density at radius 1 is 0.889 bits per heavy atom. The zero-order valence-electron chi connectivity index (χ0n) is 11.3. The molecule has 2 aliphatic rings. The molecular weight excluding hydrogens is 224 g/mol. The van der Waals surface area contributed by atoms with Crippen LogP contribution in [-0.2, 0) is 0 Å². The largest absolute Gasteiger partial charge is 0.509 e. The molecule has 102 valence electrons. The topological polar surface area (TPSA) is 40.5 Å². The van der Waals surface area contributed by atoms with Gasteiger partial charge in [0.05, 0.1) is 0 Å². The summed E-state index contributed by atoms with van der Waals surface area (Å²) in [7, 11) is 0. The Morgan fingerprint density at radius 3 is 2.50 bits per heavy atom. The Hall–Kier alpha value is -0.760. The Balaban J connectivity index is 2.20. The van der Waals surface area contributed by atoms with Crippen LogP contribution in [0.25, 0.3) is 0 Å². The van der Waals surface area contributed by atoms with Gasteiger partial charge in [-0.15, -0.1) is 0 Å². The third kappa shape index (κ3) is 3.61. The average Bonchev–Trinajstić information content (AvgIpc) is 2.32. The van der Waals surface area contributed by atoms with Gasteiger partial charge in [0, 0.05) is 0 Å². The first-order chi connectivity index (χ1) is 8.79. The molecule has 0 aromatic rings. The van der Waals surface area contributed by atoms with Gasteiger partial charge in [0.2, 0.25) is 0 Å². The Kier molecular flexibility index (Phi) is 5.30. The van der Waals surface area contributed by atoms with Gasteiger partial charge in [-0.05, 0) is 56.1 Å². The van der Waals surface area contributed by atoms with Crippen molar-refractivity contribution in [3.8, 4) is 0 Å². The molecule has 2 N–H and O–H groups in total. The van der Waals surface area contributed by atoms with E-state index in [4.69, 9.17) is 0 Å². The zero-order chi connectivity index (χ0) is 12.8. The molecule has 0 aromatic heterocycles. The number of aliphatic hydroxyl groups excluding tert-OH is 2. The van der Waals surface area contributed by atoms with Gasteiger partial charge >= 0.3 is 0 Å². The van der Waals surface area contributed by atoms with E-state index < -0.39 is 6.10 Å². The van der Waals surface area contributed by atoms with Crippen molar-refractivity contribution in [1.29, 1.82) is 0 Å². The molecule has 1 atom stereocenters. The molecular formula is C16H26O2. The van der Waals surface area contributed by atoms with Crippen LogP contribution in [0.4, 0.5) is 0 Å². The molecule has 0 bridgehead atoms. The van der Waals surface area contributed by atoms with Gasteiger partial charge in [-0.2, -0.15) is 0 Å². The minimum absolute atomic E-state index is 0.265. The first-order valence-electron chi connectivity index (χ1n) is 7.58. The highest BCUT2D eigenvalue weighted by Crippen LogP contribution is 2.31. The standard InChI is InChI=1S/C16H26O2/c17-15-12-8-4-7-11-14(16(15)18)13-9-5-2-1-3-6-10-13/h9,15,17-18H,1-8,10-12H2/b13-9+,16-14-. The van der Waals surface area contributed by atoms with E-state index in [9.17, 15) is 10.2 Å². The van der Waals surface area contributed by atoms with Gasteiger partial charge in [-0.25, -0.2) is 0 Å². The average molecular weight is 250 g/mol. The fourth-order valence-electron chi connectivity index (χ4n) is 3.07. The van der Waals surface area contributed by atoms with Gasteiger partial charge in [-0.3, -0.25) is 0 Å². The third-order valence-electron chi connectivity index (χ3n) is 4.21. The van der Waals surface area contributed by atoms with E-state index in [0.717, 1.165) is 37.7 Å². The number of allylic oxidation sites excluding steroid dienone is 3. The Morgan fingerprint density at radius 2 is 1.61 bits per heavy atom. The van der Waals surface area contributed by atoms with Crippen LogP contribution in [0.2, 0.25) is 0 Å². The summed E-state index contributed by atoms with van der Waals surface area (Å²) in [6, 6.07) is 0. The summed E-state index contributed by atoms with van der Waals surface area (Å²) < 4.78 is 0. The molecule has 2 nitrogen and oxygen atoms in total. The molecule has 2 heteroatoms. The second-order valence-electron chi connectivity index (χ2n) is 5.66. The second kappa shape index (κ2) is 6.98. The maximum atomic E-state index is 10.2. The van der Waals surface area contributed by atoms with Crippen LogP contribution in [-0.4, -0.2) is 16.3 Å². The summed E-state index contributed by atoms with van der Waals surface area (Å²) in [6.07, 6.45) is 14.0. The molecule has 0 saturated heterocycles. The fourth-order valence-corrected chi connectivity index (χ4v) is 3.07. The lowest BCUT2D eigenvalue weighted by Gasteiger charge is -2.22. The fraction of sp³-hybridized carbons (Fsp3) is 0.750. The minimum Gasteiger partial charge on any atom is -0.509 e. The Bertz CT molecular complexity index is 328. The van der Waals surface area contributed by atoms with Crippen molar-refractivity contribution >= 4 is 0 Å². The number of aliphatic hydroxyl groups is 2. The van der Waals surface area contributed by atoms with Crippen LogP contribution in [0.3, 0.4) is 0 Å². The second-order valence-corrected chi connectivity index (χ2v) is 5.66. The summed E-state index contributed by atoms with van der Waals surface area (Å²) in [5.74, 6) is 0.265. The molecule has 0 fully saturated rings.